The van der Waals surface area contributed by atoms with Crippen molar-refractivity contribution in [2.45, 2.75) is 151 Å². The summed E-state index contributed by atoms with van der Waals surface area (Å²) in [5.41, 5.74) is 12.2. The lowest BCUT2D eigenvalue weighted by molar-refractivity contribution is 0.309. The summed E-state index contributed by atoms with van der Waals surface area (Å²) in [6, 6.07) is 24.1. The molecule has 1 nitrogen and oxygen atoms in total. The fourth-order valence-electron chi connectivity index (χ4n) is 7.08. The molecule has 1 N–H and O–H groups in total. The van der Waals surface area contributed by atoms with Gasteiger partial charge in [-0.15, -0.1) is 0 Å². The molecule has 1 aliphatic rings. The standard InChI is InChI=1S/C41H59N.C2H6.CH4/c1-5-7-10-16-39-30-35(21-23-36(39)14-8-6-2)22-26-40-31-42-28-27-41(40)37-24-19-34(20-25-37)13-11-9-12-15-38-29-32(3)17-18-33(38)4;1-2;/h17-21,23-25,29-30,40-42H,5-16,22,26-28,31H2,1-4H3;1-2H3;1H4. The molecule has 0 aliphatic carbocycles. The summed E-state index contributed by atoms with van der Waals surface area (Å²) < 4.78 is 0. The highest BCUT2D eigenvalue weighted by Crippen LogP contribution is 2.34. The average molecular weight is 612 g/mol. The molecule has 3 aromatic rings. The van der Waals surface area contributed by atoms with Gasteiger partial charge in [-0.3, -0.25) is 0 Å². The van der Waals surface area contributed by atoms with Crippen molar-refractivity contribution in [3.63, 3.8) is 0 Å². The molecule has 0 aromatic heterocycles. The van der Waals surface area contributed by atoms with E-state index in [0.29, 0.717) is 5.92 Å². The zero-order valence-corrected chi connectivity index (χ0v) is 29.4. The Kier molecular flexibility index (Phi) is 19.1. The largest absolute Gasteiger partial charge is 0.316 e. The molecular formula is C44H69N. The molecule has 0 amide bonds. The van der Waals surface area contributed by atoms with Crippen LogP contribution in [0.1, 0.15) is 150 Å². The highest BCUT2D eigenvalue weighted by molar-refractivity contribution is 5.33. The lowest BCUT2D eigenvalue weighted by atomic mass is 9.78. The number of hydrogen-bond acceptors (Lipinski definition) is 1. The summed E-state index contributed by atoms with van der Waals surface area (Å²) in [4.78, 5) is 0. The van der Waals surface area contributed by atoms with E-state index >= 15 is 0 Å². The number of benzene rings is 3. The summed E-state index contributed by atoms with van der Waals surface area (Å²) in [5, 5.41) is 3.72. The highest BCUT2D eigenvalue weighted by atomic mass is 14.9. The molecule has 1 aliphatic heterocycles. The second kappa shape index (κ2) is 22.2. The molecule has 4 rings (SSSR count). The van der Waals surface area contributed by atoms with Crippen LogP contribution in [0.15, 0.2) is 60.7 Å². The molecule has 1 saturated heterocycles. The van der Waals surface area contributed by atoms with Crippen molar-refractivity contribution in [1.82, 2.24) is 5.32 Å². The van der Waals surface area contributed by atoms with Gasteiger partial charge < -0.3 is 5.32 Å². The van der Waals surface area contributed by atoms with E-state index in [0.717, 1.165) is 19.0 Å². The summed E-state index contributed by atoms with van der Waals surface area (Å²) in [5.74, 6) is 1.41. The number of aryl methyl sites for hydroxylation is 7. The number of piperidine rings is 1. The molecule has 1 heterocycles. The Bertz CT molecular complexity index is 1190. The number of unbranched alkanes of at least 4 members (excludes halogenated alkanes) is 5. The van der Waals surface area contributed by atoms with Gasteiger partial charge in [-0.1, -0.05) is 127 Å². The maximum absolute atomic E-state index is 3.72. The first-order valence-electron chi connectivity index (χ1n) is 18.5. The SMILES string of the molecule is C.CC.CCCCCc1cc(CCC2CNCCC2c2ccc(CCCCCc3cc(C)ccc3C)cc2)ccc1CCCC. The van der Waals surface area contributed by atoms with E-state index in [1.807, 2.05) is 13.8 Å². The topological polar surface area (TPSA) is 12.0 Å². The van der Waals surface area contributed by atoms with Crippen LogP contribution in [0.25, 0.3) is 0 Å². The van der Waals surface area contributed by atoms with Crippen molar-refractivity contribution in [2.24, 2.45) is 5.92 Å². The summed E-state index contributed by atoms with van der Waals surface area (Å²) >= 11 is 0. The third-order valence-corrected chi connectivity index (χ3v) is 9.86. The van der Waals surface area contributed by atoms with Gasteiger partial charge in [0.2, 0.25) is 0 Å². The quantitative estimate of drug-likeness (QED) is 0.150. The maximum Gasteiger partial charge on any atom is -0.00145 e. The van der Waals surface area contributed by atoms with Crippen molar-refractivity contribution in [1.29, 1.82) is 0 Å². The predicted molar refractivity (Wildman–Crippen MR) is 202 cm³/mol. The van der Waals surface area contributed by atoms with Crippen LogP contribution in [0.2, 0.25) is 0 Å². The van der Waals surface area contributed by atoms with E-state index in [9.17, 15) is 0 Å². The zero-order chi connectivity index (χ0) is 31.6. The molecule has 45 heavy (non-hydrogen) atoms. The molecule has 0 spiro atoms. The number of rotatable bonds is 17. The minimum absolute atomic E-state index is 0. The Morgan fingerprint density at radius 1 is 0.622 bits per heavy atom. The van der Waals surface area contributed by atoms with Crippen LogP contribution < -0.4 is 5.32 Å². The molecular weight excluding hydrogens is 542 g/mol. The van der Waals surface area contributed by atoms with Crippen LogP contribution in [0.4, 0.5) is 0 Å². The average Bonchev–Trinajstić information content (AvgIpc) is 3.06. The van der Waals surface area contributed by atoms with Crippen molar-refractivity contribution >= 4 is 0 Å². The third kappa shape index (κ3) is 13.1. The predicted octanol–water partition coefficient (Wildman–Crippen LogP) is 12.3. The Morgan fingerprint density at radius 2 is 1.29 bits per heavy atom. The molecule has 2 unspecified atom stereocenters. The van der Waals surface area contributed by atoms with E-state index in [1.165, 1.54) is 119 Å². The molecule has 2 atom stereocenters. The van der Waals surface area contributed by atoms with Gasteiger partial charge in [0, 0.05) is 0 Å². The number of hydrogen-bond donors (Lipinski definition) is 1. The van der Waals surface area contributed by atoms with E-state index in [-0.39, 0.29) is 7.43 Å². The molecule has 1 fully saturated rings. The highest BCUT2D eigenvalue weighted by Gasteiger charge is 2.26. The molecule has 0 bridgehead atoms. The Hall–Kier alpha value is -2.38. The van der Waals surface area contributed by atoms with Crippen molar-refractivity contribution in [3.05, 3.63) is 105 Å². The van der Waals surface area contributed by atoms with Gasteiger partial charge in [-0.05, 0) is 148 Å². The summed E-state index contributed by atoms with van der Waals surface area (Å²) in [6.07, 6.45) is 19.1. The normalized spacial score (nSPS) is 16.0. The van der Waals surface area contributed by atoms with E-state index in [4.69, 9.17) is 0 Å². The van der Waals surface area contributed by atoms with Crippen LogP contribution in [0, 0.1) is 19.8 Å². The van der Waals surface area contributed by atoms with Crippen LogP contribution in [-0.4, -0.2) is 13.1 Å². The fraction of sp³-hybridized carbons (Fsp3) is 0.591. The first kappa shape index (κ1) is 38.8. The summed E-state index contributed by atoms with van der Waals surface area (Å²) in [7, 11) is 0. The summed E-state index contributed by atoms with van der Waals surface area (Å²) in [6.45, 7) is 15.4. The van der Waals surface area contributed by atoms with Crippen molar-refractivity contribution in [2.75, 3.05) is 13.1 Å². The van der Waals surface area contributed by atoms with E-state index in [1.54, 1.807) is 22.3 Å². The van der Waals surface area contributed by atoms with Gasteiger partial charge >= 0.3 is 0 Å². The maximum atomic E-state index is 3.72. The zero-order valence-electron chi connectivity index (χ0n) is 29.4. The third-order valence-electron chi connectivity index (χ3n) is 9.86. The fourth-order valence-corrected chi connectivity index (χ4v) is 7.08. The molecule has 0 radical (unpaired) electrons. The van der Waals surface area contributed by atoms with Crippen LogP contribution in [-0.2, 0) is 32.1 Å². The van der Waals surface area contributed by atoms with Gasteiger partial charge in [-0.25, -0.2) is 0 Å². The lowest BCUT2D eigenvalue weighted by Gasteiger charge is -2.33. The molecule has 3 aromatic carbocycles. The van der Waals surface area contributed by atoms with Crippen molar-refractivity contribution in [3.8, 4) is 0 Å². The minimum Gasteiger partial charge on any atom is -0.316 e. The Labute approximate surface area is 280 Å². The van der Waals surface area contributed by atoms with Gasteiger partial charge in [-0.2, -0.15) is 0 Å². The van der Waals surface area contributed by atoms with Crippen LogP contribution >= 0.6 is 0 Å². The van der Waals surface area contributed by atoms with Crippen molar-refractivity contribution < 1.29 is 0 Å². The smallest absolute Gasteiger partial charge is 0.00145 e. The minimum atomic E-state index is 0. The van der Waals surface area contributed by atoms with Gasteiger partial charge in [0.1, 0.15) is 0 Å². The first-order valence-corrected chi connectivity index (χ1v) is 18.5. The Balaban J connectivity index is 0.00000230. The van der Waals surface area contributed by atoms with Gasteiger partial charge in [0.05, 0.1) is 0 Å². The van der Waals surface area contributed by atoms with Crippen LogP contribution in [0.5, 0.6) is 0 Å². The van der Waals surface area contributed by atoms with Gasteiger partial charge in [0.15, 0.2) is 0 Å². The van der Waals surface area contributed by atoms with Crippen LogP contribution in [0.3, 0.4) is 0 Å². The monoisotopic (exact) mass is 612 g/mol. The Morgan fingerprint density at radius 3 is 2.04 bits per heavy atom. The number of nitrogens with one attached hydrogen (secondary N) is 1. The lowest BCUT2D eigenvalue weighted by Crippen LogP contribution is -2.35. The first-order chi connectivity index (χ1) is 21.6. The van der Waals surface area contributed by atoms with E-state index < -0.39 is 0 Å². The van der Waals surface area contributed by atoms with Gasteiger partial charge in [0.25, 0.3) is 0 Å². The molecule has 1 heteroatoms. The second-order valence-corrected chi connectivity index (χ2v) is 13.3. The van der Waals surface area contributed by atoms with E-state index in [2.05, 4.69) is 93.7 Å². The molecule has 250 valence electrons. The molecule has 0 saturated carbocycles. The second-order valence-electron chi connectivity index (χ2n) is 13.3.